The second kappa shape index (κ2) is 6.23. The van der Waals surface area contributed by atoms with Crippen molar-refractivity contribution >= 4 is 5.91 Å². The van der Waals surface area contributed by atoms with Crippen LogP contribution in [0.5, 0.6) is 0 Å². The Morgan fingerprint density at radius 1 is 1.37 bits per heavy atom. The van der Waals surface area contributed by atoms with Gasteiger partial charge in [-0.2, -0.15) is 5.26 Å². The van der Waals surface area contributed by atoms with E-state index in [1.807, 2.05) is 6.07 Å². The van der Waals surface area contributed by atoms with Gasteiger partial charge in [0.15, 0.2) is 0 Å². The summed E-state index contributed by atoms with van der Waals surface area (Å²) < 4.78 is 39.7. The van der Waals surface area contributed by atoms with E-state index in [-0.39, 0.29) is 13.1 Å². The summed E-state index contributed by atoms with van der Waals surface area (Å²) >= 11 is 0. The molecule has 0 aromatic heterocycles. The van der Waals surface area contributed by atoms with Gasteiger partial charge in [-0.05, 0) is 13.8 Å². The minimum Gasteiger partial charge on any atom is -0.337 e. The number of carbonyl (C=O) groups excluding carboxylic acids is 1. The third-order valence-corrected chi connectivity index (χ3v) is 2.60. The lowest BCUT2D eigenvalue weighted by molar-refractivity contribution is 0.0742. The van der Waals surface area contributed by atoms with Gasteiger partial charge < -0.3 is 4.90 Å². The molecule has 1 aromatic carbocycles. The van der Waals surface area contributed by atoms with Gasteiger partial charge in [-0.3, -0.25) is 4.79 Å². The highest BCUT2D eigenvalue weighted by molar-refractivity contribution is 5.94. The van der Waals surface area contributed by atoms with Crippen molar-refractivity contribution in [1.82, 2.24) is 4.90 Å². The fourth-order valence-corrected chi connectivity index (χ4v) is 1.63. The largest absolute Gasteiger partial charge is 0.337 e. The zero-order chi connectivity index (χ0) is 14.6. The van der Waals surface area contributed by atoms with Crippen LogP contribution in [0.1, 0.15) is 24.2 Å². The highest BCUT2D eigenvalue weighted by atomic mass is 19.1. The van der Waals surface area contributed by atoms with Gasteiger partial charge in [-0.15, -0.1) is 0 Å². The van der Waals surface area contributed by atoms with Gasteiger partial charge in [0.05, 0.1) is 12.0 Å². The maximum atomic E-state index is 13.5. The highest BCUT2D eigenvalue weighted by Gasteiger charge is 2.24. The molecule has 1 amide bonds. The molecule has 1 rings (SSSR count). The number of rotatable bonds is 4. The Balaban J connectivity index is 3.08. The Hall–Kier alpha value is -2.03. The molecule has 1 aromatic rings. The summed E-state index contributed by atoms with van der Waals surface area (Å²) in [6.07, 6.45) is 0. The summed E-state index contributed by atoms with van der Waals surface area (Å²) in [5, 5.41) is 8.69. The Morgan fingerprint density at radius 3 is 2.32 bits per heavy atom. The first-order chi connectivity index (χ1) is 8.90. The molecule has 6 heteroatoms. The molecule has 0 heterocycles. The van der Waals surface area contributed by atoms with E-state index in [1.165, 1.54) is 0 Å². The van der Waals surface area contributed by atoms with E-state index in [1.54, 1.807) is 13.8 Å². The normalized spacial score (nSPS) is 11.8. The summed E-state index contributed by atoms with van der Waals surface area (Å²) in [7, 11) is 0. The van der Waals surface area contributed by atoms with Crippen LogP contribution in [0.2, 0.25) is 0 Å². The second-order valence-corrected chi connectivity index (χ2v) is 4.12. The predicted octanol–water partition coefficient (Wildman–Crippen LogP) is 2.73. The van der Waals surface area contributed by atoms with Gasteiger partial charge in [0, 0.05) is 25.2 Å². The lowest BCUT2D eigenvalue weighted by Crippen LogP contribution is -2.35. The molecule has 0 fully saturated rings. The average Bonchev–Trinajstić information content (AvgIpc) is 2.33. The molecule has 3 nitrogen and oxygen atoms in total. The van der Waals surface area contributed by atoms with Crippen LogP contribution >= 0.6 is 0 Å². The smallest absolute Gasteiger partial charge is 0.259 e. The molecule has 0 spiro atoms. The number of benzene rings is 1. The number of hydrogen-bond donors (Lipinski definition) is 0. The molecule has 0 aliphatic heterocycles. The minimum absolute atomic E-state index is 0.0576. The Morgan fingerprint density at radius 2 is 1.89 bits per heavy atom. The molecule has 0 radical (unpaired) electrons. The van der Waals surface area contributed by atoms with Crippen LogP contribution in [-0.4, -0.2) is 23.9 Å². The van der Waals surface area contributed by atoms with E-state index in [0.717, 1.165) is 4.90 Å². The first-order valence-corrected chi connectivity index (χ1v) is 5.74. The van der Waals surface area contributed by atoms with Crippen LogP contribution < -0.4 is 0 Å². The third kappa shape index (κ3) is 3.47. The van der Waals surface area contributed by atoms with Gasteiger partial charge >= 0.3 is 0 Å². The average molecular weight is 270 g/mol. The molecule has 0 aliphatic carbocycles. The zero-order valence-electron chi connectivity index (χ0n) is 10.6. The standard InChI is InChI=1S/C13H13F3N2O/c1-3-18(7-8(2)6-17)13(19)12-10(15)4-9(14)5-11(12)16/h4-5,8H,3,7H2,1-2H3. The zero-order valence-corrected chi connectivity index (χ0v) is 10.6. The van der Waals surface area contributed by atoms with E-state index < -0.39 is 34.8 Å². The van der Waals surface area contributed by atoms with Crippen molar-refractivity contribution in [2.75, 3.05) is 13.1 Å². The van der Waals surface area contributed by atoms with Gasteiger partial charge in [0.2, 0.25) is 0 Å². The number of nitrogens with zero attached hydrogens (tertiary/aromatic N) is 2. The highest BCUT2D eigenvalue weighted by Crippen LogP contribution is 2.17. The molecule has 1 unspecified atom stereocenters. The second-order valence-electron chi connectivity index (χ2n) is 4.12. The molecule has 102 valence electrons. The maximum absolute atomic E-state index is 13.5. The van der Waals surface area contributed by atoms with E-state index in [0.29, 0.717) is 12.1 Å². The van der Waals surface area contributed by atoms with Crippen molar-refractivity contribution in [2.24, 2.45) is 5.92 Å². The fourth-order valence-electron chi connectivity index (χ4n) is 1.63. The summed E-state index contributed by atoms with van der Waals surface area (Å²) in [4.78, 5) is 13.1. The van der Waals surface area contributed by atoms with Crippen molar-refractivity contribution in [3.8, 4) is 6.07 Å². The number of hydrogen-bond acceptors (Lipinski definition) is 2. The number of halogens is 3. The Labute approximate surface area is 109 Å². The summed E-state index contributed by atoms with van der Waals surface area (Å²) in [5.41, 5.74) is -0.798. The topological polar surface area (TPSA) is 44.1 Å². The number of nitriles is 1. The fraction of sp³-hybridized carbons (Fsp3) is 0.385. The molecule has 1 atom stereocenters. The predicted molar refractivity (Wildman–Crippen MR) is 62.7 cm³/mol. The van der Waals surface area contributed by atoms with Crippen LogP contribution in [0.15, 0.2) is 12.1 Å². The van der Waals surface area contributed by atoms with Crippen LogP contribution in [-0.2, 0) is 0 Å². The molecular weight excluding hydrogens is 257 g/mol. The first-order valence-electron chi connectivity index (χ1n) is 5.74. The van der Waals surface area contributed by atoms with E-state index in [4.69, 9.17) is 5.26 Å². The summed E-state index contributed by atoms with van der Waals surface area (Å²) in [5.74, 6) is -4.92. The van der Waals surface area contributed by atoms with Crippen molar-refractivity contribution < 1.29 is 18.0 Å². The first kappa shape index (κ1) is 15.0. The Bertz CT molecular complexity index is 502. The third-order valence-electron chi connectivity index (χ3n) is 2.60. The molecule has 0 bridgehead atoms. The van der Waals surface area contributed by atoms with E-state index in [2.05, 4.69) is 0 Å². The monoisotopic (exact) mass is 270 g/mol. The quantitative estimate of drug-likeness (QED) is 0.844. The molecular formula is C13H13F3N2O. The minimum atomic E-state index is -1.24. The van der Waals surface area contributed by atoms with Crippen molar-refractivity contribution in [3.05, 3.63) is 35.1 Å². The molecule has 0 aliphatic rings. The van der Waals surface area contributed by atoms with Crippen LogP contribution in [0.4, 0.5) is 13.2 Å². The van der Waals surface area contributed by atoms with E-state index >= 15 is 0 Å². The molecule has 0 saturated carbocycles. The lowest BCUT2D eigenvalue weighted by Gasteiger charge is -2.22. The van der Waals surface area contributed by atoms with Gasteiger partial charge in [-0.1, -0.05) is 0 Å². The lowest BCUT2D eigenvalue weighted by atomic mass is 10.1. The Kier molecular flexibility index (Phi) is 4.93. The van der Waals surface area contributed by atoms with Crippen molar-refractivity contribution in [3.63, 3.8) is 0 Å². The van der Waals surface area contributed by atoms with E-state index in [9.17, 15) is 18.0 Å². The SMILES string of the molecule is CCN(CC(C)C#N)C(=O)c1c(F)cc(F)cc1F. The summed E-state index contributed by atoms with van der Waals surface area (Å²) in [6, 6.07) is 2.85. The number of amides is 1. The van der Waals surface area contributed by atoms with Crippen LogP contribution in [0.3, 0.4) is 0 Å². The van der Waals surface area contributed by atoms with Gasteiger partial charge in [0.1, 0.15) is 23.0 Å². The molecule has 0 N–H and O–H groups in total. The molecule has 0 saturated heterocycles. The van der Waals surface area contributed by atoms with Crippen LogP contribution in [0, 0.1) is 34.7 Å². The molecule has 19 heavy (non-hydrogen) atoms. The number of carbonyl (C=O) groups is 1. The van der Waals surface area contributed by atoms with Crippen LogP contribution in [0.25, 0.3) is 0 Å². The maximum Gasteiger partial charge on any atom is 0.259 e. The van der Waals surface area contributed by atoms with Crippen molar-refractivity contribution in [1.29, 1.82) is 5.26 Å². The van der Waals surface area contributed by atoms with Crippen molar-refractivity contribution in [2.45, 2.75) is 13.8 Å². The van der Waals surface area contributed by atoms with Gasteiger partial charge in [0.25, 0.3) is 5.91 Å². The summed E-state index contributed by atoms with van der Waals surface area (Å²) in [6.45, 7) is 3.47. The van der Waals surface area contributed by atoms with Gasteiger partial charge in [-0.25, -0.2) is 13.2 Å².